The fourth-order valence-corrected chi connectivity index (χ4v) is 11.2. The van der Waals surface area contributed by atoms with Crippen LogP contribution in [0.15, 0.2) is 0 Å². The van der Waals surface area contributed by atoms with E-state index in [-0.39, 0.29) is 25.7 Å². The van der Waals surface area contributed by atoms with Crippen LogP contribution < -0.4 is 0 Å². The van der Waals surface area contributed by atoms with E-state index in [1.165, 1.54) is 135 Å². The Morgan fingerprint density at radius 1 is 0.325 bits per heavy atom. The number of rotatable bonds is 64. The van der Waals surface area contributed by atoms with Crippen molar-refractivity contribution in [3.8, 4) is 0 Å². The first-order chi connectivity index (χ1) is 40.0. The summed E-state index contributed by atoms with van der Waals surface area (Å²) in [7, 11) is -9.87. The third-order valence-corrected chi connectivity index (χ3v) is 16.7. The van der Waals surface area contributed by atoms with Gasteiger partial charge in [-0.05, 0) is 31.6 Å². The molecule has 0 spiro atoms. The van der Waals surface area contributed by atoms with Gasteiger partial charge >= 0.3 is 39.5 Å². The molecular weight excluding hydrogens is 1100 g/mol. The van der Waals surface area contributed by atoms with Gasteiger partial charge in [0, 0.05) is 25.7 Å². The molecule has 0 aliphatic rings. The SMILES string of the molecule is CCCCCCCCCCCCCCCC(=O)OC[C@H](COP(=O)(O)OC[C@@H](O)COP(=O)(O)OC[C@@H](COC(=O)CCCCCCC)OC(=O)CCCCCCCCCC)OC(=O)CCCCCCCCCCCCCCCCC(C)C. The molecule has 0 aromatic heterocycles. The molecule has 2 unspecified atom stereocenters. The van der Waals surface area contributed by atoms with E-state index in [9.17, 15) is 43.2 Å². The number of carbonyl (C=O) groups excluding carboxylic acids is 4. The molecule has 0 aliphatic carbocycles. The zero-order valence-corrected chi connectivity index (χ0v) is 55.1. The number of ether oxygens (including phenoxy) is 4. The zero-order valence-electron chi connectivity index (χ0n) is 53.3. The van der Waals surface area contributed by atoms with E-state index in [0.717, 1.165) is 109 Å². The van der Waals surface area contributed by atoms with E-state index < -0.39 is 97.5 Å². The van der Waals surface area contributed by atoms with E-state index in [1.54, 1.807) is 0 Å². The van der Waals surface area contributed by atoms with Crippen LogP contribution in [0.25, 0.3) is 0 Å². The van der Waals surface area contributed by atoms with Crippen molar-refractivity contribution in [3.63, 3.8) is 0 Å². The Morgan fingerprint density at radius 2 is 0.554 bits per heavy atom. The lowest BCUT2D eigenvalue weighted by atomic mass is 10.0. The molecule has 83 heavy (non-hydrogen) atoms. The van der Waals surface area contributed by atoms with Gasteiger partial charge in [0.05, 0.1) is 26.4 Å². The molecular formula is C64H124O17P2. The summed E-state index contributed by atoms with van der Waals surface area (Å²) < 4.78 is 67.7. The van der Waals surface area contributed by atoms with E-state index in [2.05, 4.69) is 34.6 Å². The summed E-state index contributed by atoms with van der Waals surface area (Å²) in [4.78, 5) is 71.9. The third kappa shape index (κ3) is 58.8. The number of hydrogen-bond donors (Lipinski definition) is 3. The second-order valence-electron chi connectivity index (χ2n) is 23.6. The Labute approximate surface area is 505 Å². The minimum Gasteiger partial charge on any atom is -0.462 e. The summed E-state index contributed by atoms with van der Waals surface area (Å²) in [6.07, 6.45) is 42.1. The van der Waals surface area contributed by atoms with E-state index >= 15 is 0 Å². The lowest BCUT2D eigenvalue weighted by Gasteiger charge is -2.21. The number of esters is 4. The second kappa shape index (κ2) is 57.8. The molecule has 0 aliphatic heterocycles. The fraction of sp³-hybridized carbons (Fsp3) is 0.938. The molecule has 0 heterocycles. The van der Waals surface area contributed by atoms with Crippen LogP contribution in [-0.4, -0.2) is 96.7 Å². The molecule has 19 heteroatoms. The largest absolute Gasteiger partial charge is 0.472 e. The van der Waals surface area contributed by atoms with Crippen LogP contribution in [0.1, 0.15) is 324 Å². The number of carbonyl (C=O) groups is 4. The molecule has 0 aromatic rings. The standard InChI is InChI=1S/C64H124O17P2/c1-6-9-12-15-17-19-20-23-27-30-34-38-43-48-62(67)75-54-60(81-64(69)50-45-40-35-31-28-25-22-21-24-26-29-32-37-41-46-57(4)5)56-79-83(72,73)77-52-58(65)51-76-82(70,71)78-55-59(53-74-61(66)47-42-36-14-11-8-3)80-63(68)49-44-39-33-18-16-13-10-7-2/h57-60,65H,6-56H2,1-5H3,(H,70,71)(H,72,73)/t58-,59+,60+/m0/s1. The van der Waals surface area contributed by atoms with Gasteiger partial charge in [0.1, 0.15) is 19.3 Å². The van der Waals surface area contributed by atoms with Gasteiger partial charge in [-0.1, -0.05) is 272 Å². The molecule has 0 fully saturated rings. The molecule has 5 atom stereocenters. The van der Waals surface area contributed by atoms with Crippen LogP contribution in [-0.2, 0) is 65.4 Å². The second-order valence-corrected chi connectivity index (χ2v) is 26.5. The van der Waals surface area contributed by atoms with Crippen molar-refractivity contribution >= 4 is 39.5 Å². The van der Waals surface area contributed by atoms with E-state index in [0.29, 0.717) is 25.7 Å². The van der Waals surface area contributed by atoms with Crippen molar-refractivity contribution in [3.05, 3.63) is 0 Å². The number of unbranched alkanes of at least 4 members (excludes halogenated alkanes) is 36. The maximum atomic E-state index is 13.0. The Hall–Kier alpha value is -1.94. The van der Waals surface area contributed by atoms with Crippen LogP contribution in [0.3, 0.4) is 0 Å². The van der Waals surface area contributed by atoms with Crippen LogP contribution >= 0.6 is 15.6 Å². The van der Waals surface area contributed by atoms with Crippen LogP contribution in [0.2, 0.25) is 0 Å². The zero-order chi connectivity index (χ0) is 61.3. The molecule has 0 saturated heterocycles. The minimum absolute atomic E-state index is 0.104. The molecule has 0 amide bonds. The lowest BCUT2D eigenvalue weighted by molar-refractivity contribution is -0.161. The van der Waals surface area contributed by atoms with Gasteiger partial charge in [-0.25, -0.2) is 9.13 Å². The summed E-state index contributed by atoms with van der Waals surface area (Å²) in [5.74, 6) is -1.35. The fourth-order valence-electron chi connectivity index (χ4n) is 9.58. The van der Waals surface area contributed by atoms with Gasteiger partial charge < -0.3 is 33.8 Å². The van der Waals surface area contributed by atoms with Crippen LogP contribution in [0, 0.1) is 5.92 Å². The average molecular weight is 1230 g/mol. The van der Waals surface area contributed by atoms with Crippen LogP contribution in [0.5, 0.6) is 0 Å². The molecule has 0 saturated carbocycles. The Kier molecular flexibility index (Phi) is 56.4. The monoisotopic (exact) mass is 1230 g/mol. The highest BCUT2D eigenvalue weighted by molar-refractivity contribution is 7.47. The first-order valence-electron chi connectivity index (χ1n) is 33.6. The van der Waals surface area contributed by atoms with Gasteiger partial charge in [0.2, 0.25) is 0 Å². The number of phosphoric acid groups is 2. The van der Waals surface area contributed by atoms with Crippen molar-refractivity contribution in [2.75, 3.05) is 39.6 Å². The molecule has 0 bridgehead atoms. The highest BCUT2D eigenvalue weighted by Gasteiger charge is 2.30. The Morgan fingerprint density at radius 3 is 0.819 bits per heavy atom. The van der Waals surface area contributed by atoms with Crippen molar-refractivity contribution in [2.24, 2.45) is 5.92 Å². The molecule has 0 radical (unpaired) electrons. The quantitative estimate of drug-likeness (QED) is 0.0222. The third-order valence-electron chi connectivity index (χ3n) is 14.8. The Balaban J connectivity index is 5.14. The van der Waals surface area contributed by atoms with Crippen molar-refractivity contribution in [2.45, 2.75) is 342 Å². The van der Waals surface area contributed by atoms with Gasteiger partial charge in [-0.15, -0.1) is 0 Å². The highest BCUT2D eigenvalue weighted by Crippen LogP contribution is 2.45. The van der Waals surface area contributed by atoms with Gasteiger partial charge in [0.25, 0.3) is 0 Å². The number of hydrogen-bond acceptors (Lipinski definition) is 15. The van der Waals surface area contributed by atoms with Crippen molar-refractivity contribution in [1.29, 1.82) is 0 Å². The molecule has 492 valence electrons. The first-order valence-corrected chi connectivity index (χ1v) is 36.6. The predicted octanol–water partition coefficient (Wildman–Crippen LogP) is 17.8. The smallest absolute Gasteiger partial charge is 0.462 e. The Bertz CT molecular complexity index is 1620. The maximum Gasteiger partial charge on any atom is 0.472 e. The van der Waals surface area contributed by atoms with Gasteiger partial charge in [-0.3, -0.25) is 37.3 Å². The first kappa shape index (κ1) is 81.1. The number of phosphoric ester groups is 2. The van der Waals surface area contributed by atoms with Gasteiger partial charge in [-0.2, -0.15) is 0 Å². The van der Waals surface area contributed by atoms with E-state index in [4.69, 9.17) is 37.0 Å². The normalized spacial score (nSPS) is 14.2. The number of aliphatic hydroxyl groups is 1. The molecule has 0 rings (SSSR count). The highest BCUT2D eigenvalue weighted by atomic mass is 31.2. The molecule has 3 N–H and O–H groups in total. The summed E-state index contributed by atoms with van der Waals surface area (Å²) in [6.45, 7) is 7.11. The summed E-state index contributed by atoms with van der Waals surface area (Å²) in [5, 5.41) is 10.5. The maximum absolute atomic E-state index is 13.0. The summed E-state index contributed by atoms with van der Waals surface area (Å²) in [6, 6.07) is 0. The summed E-state index contributed by atoms with van der Waals surface area (Å²) >= 11 is 0. The number of aliphatic hydroxyl groups excluding tert-OH is 1. The van der Waals surface area contributed by atoms with Crippen LogP contribution in [0.4, 0.5) is 0 Å². The minimum atomic E-state index is -4.94. The topological polar surface area (TPSA) is 237 Å². The molecule has 17 nitrogen and oxygen atoms in total. The van der Waals surface area contributed by atoms with Gasteiger partial charge in [0.15, 0.2) is 12.2 Å². The van der Waals surface area contributed by atoms with E-state index in [1.807, 2.05) is 0 Å². The van der Waals surface area contributed by atoms with Crippen molar-refractivity contribution in [1.82, 2.24) is 0 Å². The summed E-state index contributed by atoms with van der Waals surface area (Å²) in [5.41, 5.74) is 0. The lowest BCUT2D eigenvalue weighted by Crippen LogP contribution is -2.30. The predicted molar refractivity (Wildman–Crippen MR) is 331 cm³/mol. The molecule has 0 aromatic carbocycles. The van der Waals surface area contributed by atoms with Crippen molar-refractivity contribution < 1.29 is 80.2 Å². The average Bonchev–Trinajstić information content (AvgIpc) is 3.47.